The van der Waals surface area contributed by atoms with Gasteiger partial charge in [0.15, 0.2) is 0 Å². The average molecular weight is 456 g/mol. The summed E-state index contributed by atoms with van der Waals surface area (Å²) in [5.74, 6) is 0.523. The molecule has 0 aromatic heterocycles. The normalized spacial score (nSPS) is 17.6. The predicted molar refractivity (Wildman–Crippen MR) is 131 cm³/mol. The Hall–Kier alpha value is -3.57. The molecule has 0 fully saturated rings. The Morgan fingerprint density at radius 1 is 0.758 bits per heavy atom. The van der Waals surface area contributed by atoms with Gasteiger partial charge in [0.2, 0.25) is 0 Å². The van der Waals surface area contributed by atoms with Crippen molar-refractivity contribution in [1.82, 2.24) is 0 Å². The SMILES string of the molecule is COc1ccc2c(c1)C(c1ccccc1)C(c1ccccc1)N2S(=O)(=O)c1ccc(C)cc1. The van der Waals surface area contributed by atoms with E-state index in [0.29, 0.717) is 11.4 Å². The van der Waals surface area contributed by atoms with E-state index in [9.17, 15) is 8.42 Å². The molecule has 1 aliphatic heterocycles. The molecule has 4 aromatic carbocycles. The van der Waals surface area contributed by atoms with Crippen LogP contribution in [0.15, 0.2) is 108 Å². The largest absolute Gasteiger partial charge is 0.497 e. The molecule has 0 saturated heterocycles. The molecule has 1 heterocycles. The van der Waals surface area contributed by atoms with Crippen molar-refractivity contribution in [2.75, 3.05) is 11.4 Å². The zero-order chi connectivity index (χ0) is 23.0. The van der Waals surface area contributed by atoms with E-state index in [2.05, 4.69) is 12.1 Å². The Kier molecular flexibility index (Phi) is 5.43. The molecule has 4 nitrogen and oxygen atoms in total. The van der Waals surface area contributed by atoms with E-state index in [1.54, 1.807) is 23.5 Å². The van der Waals surface area contributed by atoms with Crippen LogP contribution in [-0.2, 0) is 10.0 Å². The fraction of sp³-hybridized carbons (Fsp3) is 0.143. The number of nitrogens with zero attached hydrogens (tertiary/aromatic N) is 1. The Labute approximate surface area is 195 Å². The quantitative estimate of drug-likeness (QED) is 0.366. The van der Waals surface area contributed by atoms with Gasteiger partial charge < -0.3 is 4.74 Å². The average Bonchev–Trinajstić information content (AvgIpc) is 3.20. The lowest BCUT2D eigenvalue weighted by Crippen LogP contribution is -2.33. The van der Waals surface area contributed by atoms with Crippen molar-refractivity contribution in [3.63, 3.8) is 0 Å². The van der Waals surface area contributed by atoms with Gasteiger partial charge in [-0.1, -0.05) is 78.4 Å². The van der Waals surface area contributed by atoms with Crippen LogP contribution in [0.2, 0.25) is 0 Å². The molecule has 5 rings (SSSR count). The van der Waals surface area contributed by atoms with Gasteiger partial charge in [-0.05, 0) is 53.9 Å². The van der Waals surface area contributed by atoms with Crippen LogP contribution in [0.1, 0.15) is 34.2 Å². The zero-order valence-corrected chi connectivity index (χ0v) is 19.4. The highest BCUT2D eigenvalue weighted by Gasteiger charge is 2.46. The van der Waals surface area contributed by atoms with Gasteiger partial charge >= 0.3 is 0 Å². The first kappa shape index (κ1) is 21.3. The van der Waals surface area contributed by atoms with Crippen molar-refractivity contribution in [3.8, 4) is 5.75 Å². The third-order valence-electron chi connectivity index (χ3n) is 6.25. The van der Waals surface area contributed by atoms with Crippen molar-refractivity contribution in [3.05, 3.63) is 125 Å². The molecule has 0 saturated carbocycles. The minimum atomic E-state index is -3.83. The second-order valence-electron chi connectivity index (χ2n) is 8.28. The van der Waals surface area contributed by atoms with Crippen molar-refractivity contribution >= 4 is 15.7 Å². The topological polar surface area (TPSA) is 46.6 Å². The molecule has 1 aliphatic rings. The lowest BCUT2D eigenvalue weighted by atomic mass is 9.84. The minimum Gasteiger partial charge on any atom is -0.497 e. The van der Waals surface area contributed by atoms with Crippen molar-refractivity contribution in [2.45, 2.75) is 23.8 Å². The van der Waals surface area contributed by atoms with Gasteiger partial charge in [0.25, 0.3) is 10.0 Å². The molecule has 33 heavy (non-hydrogen) atoms. The van der Waals surface area contributed by atoms with Crippen molar-refractivity contribution in [1.29, 1.82) is 0 Å². The molecule has 0 aliphatic carbocycles. The van der Waals surface area contributed by atoms with Gasteiger partial charge in [0.05, 0.1) is 23.7 Å². The number of hydrogen-bond acceptors (Lipinski definition) is 3. The summed E-state index contributed by atoms with van der Waals surface area (Å²) < 4.78 is 35.3. The van der Waals surface area contributed by atoms with Crippen LogP contribution in [0.25, 0.3) is 0 Å². The van der Waals surface area contributed by atoms with Gasteiger partial charge in [0, 0.05) is 5.92 Å². The molecule has 2 unspecified atom stereocenters. The van der Waals surface area contributed by atoms with Crippen LogP contribution in [0, 0.1) is 6.92 Å². The molecular weight excluding hydrogens is 430 g/mol. The number of aryl methyl sites for hydroxylation is 1. The van der Waals surface area contributed by atoms with Crippen LogP contribution >= 0.6 is 0 Å². The highest BCUT2D eigenvalue weighted by molar-refractivity contribution is 7.92. The lowest BCUT2D eigenvalue weighted by molar-refractivity contribution is 0.414. The summed E-state index contributed by atoms with van der Waals surface area (Å²) in [6.07, 6.45) is 0. The molecular formula is C28H25NO3S. The first-order chi connectivity index (χ1) is 16.0. The van der Waals surface area contributed by atoms with Crippen LogP contribution in [0.4, 0.5) is 5.69 Å². The number of hydrogen-bond donors (Lipinski definition) is 0. The van der Waals surface area contributed by atoms with E-state index in [1.807, 2.05) is 85.8 Å². The summed E-state index contributed by atoms with van der Waals surface area (Å²) in [5, 5.41) is 0. The number of sulfonamides is 1. The van der Waals surface area contributed by atoms with Gasteiger partial charge in [-0.25, -0.2) is 8.42 Å². The third-order valence-corrected chi connectivity index (χ3v) is 8.06. The summed E-state index contributed by atoms with van der Waals surface area (Å²) in [5.41, 5.74) is 4.63. The molecule has 0 spiro atoms. The Balaban J connectivity index is 1.79. The van der Waals surface area contributed by atoms with E-state index >= 15 is 0 Å². The summed E-state index contributed by atoms with van der Waals surface area (Å²) >= 11 is 0. The second kappa shape index (κ2) is 8.41. The molecule has 4 aromatic rings. The Morgan fingerprint density at radius 3 is 1.97 bits per heavy atom. The molecule has 0 radical (unpaired) electrons. The maximum absolute atomic E-state index is 14.1. The smallest absolute Gasteiger partial charge is 0.264 e. The highest BCUT2D eigenvalue weighted by Crippen LogP contribution is 2.54. The molecule has 0 amide bonds. The van der Waals surface area contributed by atoms with Crippen molar-refractivity contribution in [2.24, 2.45) is 0 Å². The van der Waals surface area contributed by atoms with Gasteiger partial charge in [-0.3, -0.25) is 4.31 Å². The second-order valence-corrected chi connectivity index (χ2v) is 10.1. The van der Waals surface area contributed by atoms with Crippen LogP contribution in [0.3, 0.4) is 0 Å². The molecule has 5 heteroatoms. The first-order valence-corrected chi connectivity index (χ1v) is 12.3. The maximum Gasteiger partial charge on any atom is 0.264 e. The molecule has 166 valence electrons. The number of rotatable bonds is 5. The summed E-state index contributed by atoms with van der Waals surface area (Å²) in [7, 11) is -2.21. The summed E-state index contributed by atoms with van der Waals surface area (Å²) in [6, 6.07) is 32.2. The first-order valence-electron chi connectivity index (χ1n) is 10.9. The van der Waals surface area contributed by atoms with Crippen LogP contribution < -0.4 is 9.04 Å². The van der Waals surface area contributed by atoms with Crippen LogP contribution in [0.5, 0.6) is 5.75 Å². The lowest BCUT2D eigenvalue weighted by Gasteiger charge is -2.30. The number of benzene rings is 4. The maximum atomic E-state index is 14.1. The monoisotopic (exact) mass is 455 g/mol. The molecule has 0 bridgehead atoms. The highest BCUT2D eigenvalue weighted by atomic mass is 32.2. The minimum absolute atomic E-state index is 0.182. The molecule has 2 atom stereocenters. The van der Waals surface area contributed by atoms with Crippen molar-refractivity contribution < 1.29 is 13.2 Å². The van der Waals surface area contributed by atoms with Gasteiger partial charge in [0.1, 0.15) is 5.75 Å². The van der Waals surface area contributed by atoms with E-state index < -0.39 is 16.1 Å². The third kappa shape index (κ3) is 3.68. The van der Waals surface area contributed by atoms with Crippen LogP contribution in [-0.4, -0.2) is 15.5 Å². The Bertz CT molecular complexity index is 1370. The number of methoxy groups -OCH3 is 1. The van der Waals surface area contributed by atoms with E-state index in [-0.39, 0.29) is 10.8 Å². The van der Waals surface area contributed by atoms with Gasteiger partial charge in [-0.15, -0.1) is 0 Å². The van der Waals surface area contributed by atoms with E-state index in [4.69, 9.17) is 4.74 Å². The standard InChI is InChI=1S/C28H25NO3S/c1-20-13-16-24(17-14-20)33(30,31)29-26-18-15-23(32-2)19-25(26)27(21-9-5-3-6-10-21)28(29)22-11-7-4-8-12-22/h3-19,27-28H,1-2H3. The summed E-state index contributed by atoms with van der Waals surface area (Å²) in [6.45, 7) is 1.95. The zero-order valence-electron chi connectivity index (χ0n) is 18.5. The van der Waals surface area contributed by atoms with Gasteiger partial charge in [-0.2, -0.15) is 0 Å². The number of fused-ring (bicyclic) bond motifs is 1. The number of ether oxygens (including phenoxy) is 1. The number of anilines is 1. The van der Waals surface area contributed by atoms with E-state index in [1.165, 1.54) is 0 Å². The molecule has 0 N–H and O–H groups in total. The Morgan fingerprint density at radius 2 is 1.36 bits per heavy atom. The fourth-order valence-corrected chi connectivity index (χ4v) is 6.34. The predicted octanol–water partition coefficient (Wildman–Crippen LogP) is 6.09. The van der Waals surface area contributed by atoms with E-state index in [0.717, 1.165) is 22.3 Å². The summed E-state index contributed by atoms with van der Waals surface area (Å²) in [4.78, 5) is 0.282. The fourth-order valence-electron chi connectivity index (χ4n) is 4.67.